The normalized spacial score (nSPS) is 11.9. The molecule has 0 saturated heterocycles. The van der Waals surface area contributed by atoms with Crippen molar-refractivity contribution in [3.63, 3.8) is 0 Å². The minimum Gasteiger partial charge on any atom is -0.345 e. The Balaban J connectivity index is 4.09. The van der Waals surface area contributed by atoms with Crippen LogP contribution in [0.5, 0.6) is 0 Å². The van der Waals surface area contributed by atoms with Gasteiger partial charge >= 0.3 is 0 Å². The third-order valence-electron chi connectivity index (χ3n) is 1.80. The van der Waals surface area contributed by atoms with Gasteiger partial charge in [-0.05, 0) is 20.3 Å². The van der Waals surface area contributed by atoms with Gasteiger partial charge in [-0.1, -0.05) is 0 Å². The van der Waals surface area contributed by atoms with Crippen molar-refractivity contribution < 1.29 is 14.4 Å². The van der Waals surface area contributed by atoms with Crippen molar-refractivity contribution >= 4 is 17.5 Å². The third-order valence-corrected chi connectivity index (χ3v) is 1.80. The van der Waals surface area contributed by atoms with Crippen molar-refractivity contribution in [2.45, 2.75) is 32.7 Å². The molecular weight excluding hydrogens is 184 g/mol. The molecule has 5 nitrogen and oxygen atoms in total. The molecule has 0 bridgehead atoms. The maximum atomic E-state index is 11.0. The SMILES string of the molecule is CC(=O)CCC(NC(=O)CN)C(C)=O. The molecule has 80 valence electrons. The fourth-order valence-corrected chi connectivity index (χ4v) is 0.978. The largest absolute Gasteiger partial charge is 0.345 e. The number of Topliss-reactive ketones (excluding diaryl/α,β-unsaturated/α-hetero) is 2. The molecule has 1 unspecified atom stereocenters. The Morgan fingerprint density at radius 1 is 1.29 bits per heavy atom. The fraction of sp³-hybridized carbons (Fsp3) is 0.667. The number of carbonyl (C=O) groups excluding carboxylic acids is 3. The van der Waals surface area contributed by atoms with Gasteiger partial charge in [0.25, 0.3) is 0 Å². The van der Waals surface area contributed by atoms with Crippen LogP contribution in [-0.2, 0) is 14.4 Å². The molecule has 14 heavy (non-hydrogen) atoms. The van der Waals surface area contributed by atoms with E-state index in [-0.39, 0.29) is 30.4 Å². The van der Waals surface area contributed by atoms with Crippen LogP contribution in [0.3, 0.4) is 0 Å². The number of hydrogen-bond acceptors (Lipinski definition) is 4. The van der Waals surface area contributed by atoms with E-state index in [4.69, 9.17) is 5.73 Å². The van der Waals surface area contributed by atoms with Crippen LogP contribution in [-0.4, -0.2) is 30.1 Å². The number of nitrogens with one attached hydrogen (secondary N) is 1. The Morgan fingerprint density at radius 2 is 1.86 bits per heavy atom. The van der Waals surface area contributed by atoms with E-state index in [0.717, 1.165) is 0 Å². The van der Waals surface area contributed by atoms with Crippen LogP contribution >= 0.6 is 0 Å². The summed E-state index contributed by atoms with van der Waals surface area (Å²) in [6.07, 6.45) is 0.630. The third kappa shape index (κ3) is 5.42. The summed E-state index contributed by atoms with van der Waals surface area (Å²) in [5, 5.41) is 2.46. The highest BCUT2D eigenvalue weighted by atomic mass is 16.2. The lowest BCUT2D eigenvalue weighted by atomic mass is 10.1. The molecule has 0 aliphatic heterocycles. The molecule has 5 heteroatoms. The number of nitrogens with two attached hydrogens (primary N) is 1. The van der Waals surface area contributed by atoms with Crippen LogP contribution in [0.25, 0.3) is 0 Å². The first kappa shape index (κ1) is 12.8. The van der Waals surface area contributed by atoms with Gasteiger partial charge in [0.1, 0.15) is 5.78 Å². The van der Waals surface area contributed by atoms with Crippen LogP contribution in [0.2, 0.25) is 0 Å². The van der Waals surface area contributed by atoms with Gasteiger partial charge in [-0.15, -0.1) is 0 Å². The second kappa shape index (κ2) is 6.26. The molecular formula is C9H16N2O3. The highest BCUT2D eigenvalue weighted by Crippen LogP contribution is 1.99. The summed E-state index contributed by atoms with van der Waals surface area (Å²) in [5.74, 6) is -0.542. The lowest BCUT2D eigenvalue weighted by Crippen LogP contribution is -2.42. The van der Waals surface area contributed by atoms with Crippen molar-refractivity contribution in [2.75, 3.05) is 6.54 Å². The van der Waals surface area contributed by atoms with Gasteiger partial charge in [-0.3, -0.25) is 9.59 Å². The Morgan fingerprint density at radius 3 is 2.21 bits per heavy atom. The first-order valence-corrected chi connectivity index (χ1v) is 4.46. The molecule has 1 atom stereocenters. The number of hydrogen-bond donors (Lipinski definition) is 2. The predicted molar refractivity (Wildman–Crippen MR) is 51.6 cm³/mol. The molecule has 0 aromatic heterocycles. The highest BCUT2D eigenvalue weighted by molar-refractivity contribution is 5.88. The van der Waals surface area contributed by atoms with E-state index in [1.165, 1.54) is 13.8 Å². The van der Waals surface area contributed by atoms with Gasteiger partial charge < -0.3 is 15.8 Å². The predicted octanol–water partition coefficient (Wildman–Crippen LogP) is -0.612. The zero-order valence-electron chi connectivity index (χ0n) is 8.50. The summed E-state index contributed by atoms with van der Waals surface area (Å²) in [6.45, 7) is 2.67. The molecule has 0 aromatic carbocycles. The van der Waals surface area contributed by atoms with E-state index in [9.17, 15) is 14.4 Å². The topological polar surface area (TPSA) is 89.3 Å². The second-order valence-corrected chi connectivity index (χ2v) is 3.18. The quantitative estimate of drug-likeness (QED) is 0.598. The summed E-state index contributed by atoms with van der Waals surface area (Å²) in [5.41, 5.74) is 5.09. The van der Waals surface area contributed by atoms with Crippen LogP contribution in [0.15, 0.2) is 0 Å². The van der Waals surface area contributed by atoms with Gasteiger partial charge in [0, 0.05) is 6.42 Å². The van der Waals surface area contributed by atoms with Crippen molar-refractivity contribution in [2.24, 2.45) is 5.73 Å². The van der Waals surface area contributed by atoms with Crippen LogP contribution in [0.1, 0.15) is 26.7 Å². The Bertz CT molecular complexity index is 238. The molecule has 0 fully saturated rings. The molecule has 0 radical (unpaired) electrons. The minimum absolute atomic E-state index is 0.00162. The van der Waals surface area contributed by atoms with E-state index in [1.54, 1.807) is 0 Å². The van der Waals surface area contributed by atoms with E-state index >= 15 is 0 Å². The summed E-state index contributed by atoms with van der Waals surface area (Å²) < 4.78 is 0. The Kier molecular flexibility index (Phi) is 5.71. The van der Waals surface area contributed by atoms with Crippen molar-refractivity contribution in [3.05, 3.63) is 0 Å². The second-order valence-electron chi connectivity index (χ2n) is 3.18. The summed E-state index contributed by atoms with van der Waals surface area (Å²) in [7, 11) is 0. The molecule has 1 amide bonds. The van der Waals surface area contributed by atoms with Gasteiger partial charge in [-0.25, -0.2) is 0 Å². The van der Waals surface area contributed by atoms with Gasteiger partial charge in [0.2, 0.25) is 5.91 Å². The van der Waals surface area contributed by atoms with Crippen molar-refractivity contribution in [3.8, 4) is 0 Å². The average molecular weight is 200 g/mol. The summed E-state index contributed by atoms with van der Waals surface area (Å²) >= 11 is 0. The molecule has 3 N–H and O–H groups in total. The smallest absolute Gasteiger partial charge is 0.234 e. The van der Waals surface area contributed by atoms with Crippen LogP contribution < -0.4 is 11.1 Å². The van der Waals surface area contributed by atoms with Gasteiger partial charge in [0.05, 0.1) is 12.6 Å². The van der Waals surface area contributed by atoms with Crippen LogP contribution in [0.4, 0.5) is 0 Å². The lowest BCUT2D eigenvalue weighted by Gasteiger charge is -2.14. The molecule has 0 aromatic rings. The molecule has 0 saturated carbocycles. The van der Waals surface area contributed by atoms with Gasteiger partial charge in [0.15, 0.2) is 5.78 Å². The van der Waals surface area contributed by atoms with E-state index in [0.29, 0.717) is 6.42 Å². The lowest BCUT2D eigenvalue weighted by molar-refractivity contribution is -0.126. The Hall–Kier alpha value is -1.23. The average Bonchev–Trinajstić information content (AvgIpc) is 2.10. The zero-order chi connectivity index (χ0) is 11.1. The maximum absolute atomic E-state index is 11.0. The van der Waals surface area contributed by atoms with E-state index in [2.05, 4.69) is 5.32 Å². The summed E-state index contributed by atoms with van der Waals surface area (Å²) in [4.78, 5) is 32.6. The van der Waals surface area contributed by atoms with E-state index < -0.39 is 6.04 Å². The van der Waals surface area contributed by atoms with Crippen molar-refractivity contribution in [1.29, 1.82) is 0 Å². The summed E-state index contributed by atoms with van der Waals surface area (Å²) in [6, 6.07) is -0.588. The van der Waals surface area contributed by atoms with Gasteiger partial charge in [-0.2, -0.15) is 0 Å². The first-order valence-electron chi connectivity index (χ1n) is 4.46. The molecule has 0 heterocycles. The maximum Gasteiger partial charge on any atom is 0.234 e. The van der Waals surface area contributed by atoms with E-state index in [1.807, 2.05) is 0 Å². The van der Waals surface area contributed by atoms with Crippen LogP contribution in [0, 0.1) is 0 Å². The minimum atomic E-state index is -0.588. The molecule has 0 rings (SSSR count). The molecule has 0 spiro atoms. The standard InChI is InChI=1S/C9H16N2O3/c1-6(12)3-4-8(7(2)13)11-9(14)5-10/h8H,3-5,10H2,1-2H3,(H,11,14). The fourth-order valence-electron chi connectivity index (χ4n) is 0.978. The highest BCUT2D eigenvalue weighted by Gasteiger charge is 2.16. The number of rotatable bonds is 6. The zero-order valence-corrected chi connectivity index (χ0v) is 8.50. The first-order chi connectivity index (χ1) is 6.47. The molecule has 0 aliphatic rings. The number of amides is 1. The number of ketones is 2. The Labute approximate surface area is 83.0 Å². The monoisotopic (exact) mass is 200 g/mol. The number of carbonyl (C=O) groups is 3. The van der Waals surface area contributed by atoms with Crippen molar-refractivity contribution in [1.82, 2.24) is 5.32 Å². The molecule has 0 aliphatic carbocycles.